The van der Waals surface area contributed by atoms with Gasteiger partial charge < -0.3 is 0 Å². The molecule has 0 amide bonds. The van der Waals surface area contributed by atoms with Crippen LogP contribution in [0, 0.1) is 0 Å². The number of nitrogens with zero attached hydrogens (tertiary/aromatic N) is 1. The maximum Gasteiger partial charge on any atom is 0.290 e. The van der Waals surface area contributed by atoms with Gasteiger partial charge in [-0.05, 0) is 10.7 Å². The molecule has 0 heterocycles. The molecule has 0 unspecified atom stereocenters. The molecule has 50 valence electrons. The lowest BCUT2D eigenvalue weighted by atomic mass is 11.4. The normalized spacial score (nSPS) is 12.8. The van der Waals surface area contributed by atoms with Crippen molar-refractivity contribution in [2.24, 2.45) is 0 Å². The molecule has 0 aromatic carbocycles. The van der Waals surface area contributed by atoms with E-state index >= 15 is 0 Å². The van der Waals surface area contributed by atoms with E-state index in [-0.39, 0.29) is 11.0 Å². The van der Waals surface area contributed by atoms with Gasteiger partial charge in [-0.2, -0.15) is 0 Å². The molecule has 0 aromatic heterocycles. The summed E-state index contributed by atoms with van der Waals surface area (Å²) in [4.78, 5) is 0. The molecule has 0 radical (unpaired) electrons. The van der Waals surface area contributed by atoms with Gasteiger partial charge in [0.05, 0.1) is 5.34 Å². The standard InChI is InChI=1S/CCl3F2NS/c2-1(3,8-4)7(5)6. The van der Waals surface area contributed by atoms with E-state index in [1.165, 1.54) is 0 Å². The van der Waals surface area contributed by atoms with Crippen LogP contribution < -0.4 is 0 Å². The van der Waals surface area contributed by atoms with Gasteiger partial charge in [0.15, 0.2) is 0 Å². The van der Waals surface area contributed by atoms with E-state index in [4.69, 9.17) is 33.9 Å². The molecule has 0 N–H and O–H groups in total. The summed E-state index contributed by atoms with van der Waals surface area (Å²) in [5, 5.41) is -1.40. The van der Waals surface area contributed by atoms with Crippen molar-refractivity contribution in [1.29, 1.82) is 0 Å². The van der Waals surface area contributed by atoms with Crippen molar-refractivity contribution in [3.05, 3.63) is 0 Å². The third-order valence-corrected chi connectivity index (χ3v) is 2.48. The molecule has 0 aromatic rings. The van der Waals surface area contributed by atoms with Crippen LogP contribution in [-0.4, -0.2) is 9.13 Å². The molecule has 0 aliphatic rings. The summed E-state index contributed by atoms with van der Waals surface area (Å²) >= 11 is 9.66. The lowest BCUT2D eigenvalue weighted by Gasteiger charge is -2.12. The van der Waals surface area contributed by atoms with Crippen LogP contribution in [0.15, 0.2) is 0 Å². The van der Waals surface area contributed by atoms with Gasteiger partial charge in [0.1, 0.15) is 0 Å². The summed E-state index contributed by atoms with van der Waals surface area (Å²) in [6.07, 6.45) is 0. The first-order chi connectivity index (χ1) is 3.50. The smallest absolute Gasteiger partial charge is 0.0973 e. The quantitative estimate of drug-likeness (QED) is 0.293. The number of hydrogen-bond acceptors (Lipinski definition) is 2. The Morgan fingerprint density at radius 1 is 1.38 bits per heavy atom. The highest BCUT2D eigenvalue weighted by molar-refractivity contribution is 8.23. The van der Waals surface area contributed by atoms with Crippen LogP contribution in [0.25, 0.3) is 0 Å². The van der Waals surface area contributed by atoms with Gasteiger partial charge in [-0.3, -0.25) is 0 Å². The average molecular weight is 202 g/mol. The molecule has 0 aliphatic heterocycles. The van der Waals surface area contributed by atoms with Gasteiger partial charge in [0.2, 0.25) is 0 Å². The molecule has 1 nitrogen and oxygen atoms in total. The minimum absolute atomic E-state index is 0.114. The van der Waals surface area contributed by atoms with Crippen molar-refractivity contribution in [3.63, 3.8) is 0 Å². The number of halogens is 5. The topological polar surface area (TPSA) is 3.24 Å². The third kappa shape index (κ3) is 2.55. The van der Waals surface area contributed by atoms with Gasteiger partial charge >= 0.3 is 0 Å². The van der Waals surface area contributed by atoms with Gasteiger partial charge in [-0.15, -0.1) is 0 Å². The molecule has 0 atom stereocenters. The first-order valence-corrected chi connectivity index (χ1v) is 3.70. The monoisotopic (exact) mass is 201 g/mol. The maximum absolute atomic E-state index is 11.3. The molecule has 0 spiro atoms. The predicted octanol–water partition coefficient (Wildman–Crippen LogP) is 3.03. The molecule has 0 bridgehead atoms. The fraction of sp³-hybridized carbons (Fsp3) is 1.00. The van der Waals surface area contributed by atoms with Crippen molar-refractivity contribution in [2.45, 2.75) is 3.79 Å². The minimum Gasteiger partial charge on any atom is -0.0973 e. The number of rotatable bonds is 2. The predicted molar refractivity (Wildman–Crippen MR) is 31.9 cm³/mol. The second-order valence-electron chi connectivity index (χ2n) is 0.796. The second-order valence-corrected chi connectivity index (χ2v) is 3.74. The van der Waals surface area contributed by atoms with E-state index in [1.54, 1.807) is 0 Å². The van der Waals surface area contributed by atoms with Gasteiger partial charge in [0.25, 0.3) is 3.79 Å². The van der Waals surface area contributed by atoms with Crippen LogP contribution >= 0.6 is 44.9 Å². The van der Waals surface area contributed by atoms with Crippen molar-refractivity contribution >= 4 is 44.9 Å². The summed E-state index contributed by atoms with van der Waals surface area (Å²) in [6.45, 7) is 0. The Morgan fingerprint density at radius 2 is 1.75 bits per heavy atom. The van der Waals surface area contributed by atoms with E-state index in [9.17, 15) is 8.96 Å². The Hall–Kier alpha value is 1.04. The largest absolute Gasteiger partial charge is 0.290 e. The molecule has 0 rings (SSSR count). The Morgan fingerprint density at radius 3 is 1.75 bits per heavy atom. The highest BCUT2D eigenvalue weighted by atomic mass is 35.7. The first-order valence-electron chi connectivity index (χ1n) is 1.30. The van der Waals surface area contributed by atoms with Crippen molar-refractivity contribution in [1.82, 2.24) is 5.34 Å². The number of hydrogen-bond donors (Lipinski definition) is 0. The third-order valence-electron chi connectivity index (χ3n) is 0.290. The Labute approximate surface area is 63.2 Å². The molecule has 0 fully saturated rings. The summed E-state index contributed by atoms with van der Waals surface area (Å²) in [5.74, 6) is 0. The molecule has 0 saturated heterocycles. The highest BCUT2D eigenvalue weighted by Crippen LogP contribution is 2.41. The summed E-state index contributed by atoms with van der Waals surface area (Å²) in [7, 11) is 4.93. The van der Waals surface area contributed by atoms with E-state index < -0.39 is 9.13 Å². The molecule has 7 heteroatoms. The average Bonchev–Trinajstić information content (AvgIpc) is 1.67. The van der Waals surface area contributed by atoms with Crippen molar-refractivity contribution in [3.8, 4) is 0 Å². The van der Waals surface area contributed by atoms with Crippen molar-refractivity contribution < 1.29 is 8.96 Å². The Bertz CT molecular complexity index is 77.7. The zero-order valence-electron chi connectivity index (χ0n) is 3.25. The fourth-order valence-electron chi connectivity index (χ4n) is 0.0261. The molecular formula is CCl3F2NS. The lowest BCUT2D eigenvalue weighted by Crippen LogP contribution is -2.20. The minimum atomic E-state index is -2.33. The first kappa shape index (κ1) is 9.04. The van der Waals surface area contributed by atoms with Crippen LogP contribution in [0.1, 0.15) is 0 Å². The van der Waals surface area contributed by atoms with Gasteiger partial charge in [0, 0.05) is 11.0 Å². The molecule has 8 heavy (non-hydrogen) atoms. The summed E-state index contributed by atoms with van der Waals surface area (Å²) in [6, 6.07) is 0. The van der Waals surface area contributed by atoms with Gasteiger partial charge in [-0.1, -0.05) is 32.2 Å². The molecular weight excluding hydrogens is 202 g/mol. The van der Waals surface area contributed by atoms with Crippen LogP contribution in [0.2, 0.25) is 0 Å². The zero-order chi connectivity index (χ0) is 6.78. The van der Waals surface area contributed by atoms with E-state index in [2.05, 4.69) is 0 Å². The molecule has 0 saturated carbocycles. The zero-order valence-corrected chi connectivity index (χ0v) is 6.33. The van der Waals surface area contributed by atoms with E-state index in [0.29, 0.717) is 0 Å². The lowest BCUT2D eigenvalue weighted by molar-refractivity contribution is -0.155. The van der Waals surface area contributed by atoms with Crippen molar-refractivity contribution in [2.75, 3.05) is 0 Å². The number of alkyl halides is 2. The van der Waals surface area contributed by atoms with E-state index in [0.717, 1.165) is 0 Å². The fourth-order valence-corrected chi connectivity index (χ4v) is 0.235. The maximum atomic E-state index is 11.3. The van der Waals surface area contributed by atoms with Crippen LogP contribution in [-0.2, 0) is 0 Å². The second kappa shape index (κ2) is 3.27. The van der Waals surface area contributed by atoms with Crippen LogP contribution in [0.3, 0.4) is 0 Å². The summed E-state index contributed by atoms with van der Waals surface area (Å²) in [5.41, 5.74) is 0. The van der Waals surface area contributed by atoms with Crippen LogP contribution in [0.4, 0.5) is 8.96 Å². The Balaban J connectivity index is 3.71. The highest BCUT2D eigenvalue weighted by Gasteiger charge is 2.34. The Kier molecular flexibility index (Phi) is 3.69. The van der Waals surface area contributed by atoms with Crippen LogP contribution in [0.5, 0.6) is 0 Å². The summed E-state index contributed by atoms with van der Waals surface area (Å²) < 4.78 is 20.2. The van der Waals surface area contributed by atoms with Gasteiger partial charge in [-0.25, -0.2) is 0 Å². The molecule has 0 aliphatic carbocycles. The van der Waals surface area contributed by atoms with E-state index in [1.807, 2.05) is 0 Å². The SMILES string of the molecule is FN(F)C(Cl)(Cl)SCl.